The van der Waals surface area contributed by atoms with Crippen molar-refractivity contribution in [3.63, 3.8) is 0 Å². The quantitative estimate of drug-likeness (QED) is 0.724. The minimum absolute atomic E-state index is 0.0588. The predicted molar refractivity (Wildman–Crippen MR) is 80.1 cm³/mol. The Balaban J connectivity index is 1.90. The summed E-state index contributed by atoms with van der Waals surface area (Å²) in [5, 5.41) is 0. The molecule has 1 heterocycles. The molecular formula is C15H14BrFOS. The maximum Gasteiger partial charge on any atom is 0.165 e. The lowest BCUT2D eigenvalue weighted by Crippen LogP contribution is -1.94. The normalized spacial score (nSPS) is 15.3. The molecule has 3 rings (SSSR count). The second-order valence-electron chi connectivity index (χ2n) is 4.71. The molecule has 1 aromatic carbocycles. The van der Waals surface area contributed by atoms with Gasteiger partial charge in [0.2, 0.25) is 0 Å². The number of hydrogen-bond donors (Lipinski definition) is 0. The van der Waals surface area contributed by atoms with Crippen LogP contribution in [0.2, 0.25) is 0 Å². The highest BCUT2D eigenvalue weighted by Gasteiger charge is 2.20. The summed E-state index contributed by atoms with van der Waals surface area (Å²) >= 11 is 5.52. The summed E-state index contributed by atoms with van der Waals surface area (Å²) < 4.78 is 18.7. The van der Waals surface area contributed by atoms with Crippen molar-refractivity contribution >= 4 is 27.3 Å². The molecule has 0 N–H and O–H groups in total. The zero-order valence-corrected chi connectivity index (χ0v) is 13.0. The lowest BCUT2D eigenvalue weighted by Gasteiger charge is -2.10. The molecule has 0 bridgehead atoms. The predicted octanol–water partition coefficient (Wildman–Crippen LogP) is 4.87. The van der Waals surface area contributed by atoms with E-state index in [1.54, 1.807) is 12.1 Å². The van der Waals surface area contributed by atoms with Crippen LogP contribution in [0.4, 0.5) is 4.39 Å². The molecule has 0 fully saturated rings. The van der Waals surface area contributed by atoms with E-state index in [0.717, 1.165) is 5.56 Å². The van der Waals surface area contributed by atoms with E-state index < -0.39 is 0 Å². The van der Waals surface area contributed by atoms with Crippen LogP contribution >= 0.6 is 27.3 Å². The summed E-state index contributed by atoms with van der Waals surface area (Å²) in [6.07, 6.45) is 3.64. The first-order chi connectivity index (χ1) is 9.19. The Bertz CT molecular complexity index is 587. The van der Waals surface area contributed by atoms with Gasteiger partial charge in [0.1, 0.15) is 0 Å². The lowest BCUT2D eigenvalue weighted by molar-refractivity contribution is 0.386. The highest BCUT2D eigenvalue weighted by atomic mass is 79.9. The standard InChI is InChI=1S/C15H14BrFOS/c1-18-12-6-5-10(7-11(12)17)15(16)14-8-9-3-2-4-13(9)19-14/h5-8,15H,2-4H2,1H3. The fraction of sp³-hybridized carbons (Fsp3) is 0.333. The summed E-state index contributed by atoms with van der Waals surface area (Å²) in [7, 11) is 1.48. The third-order valence-electron chi connectivity index (χ3n) is 3.48. The molecule has 2 aromatic rings. The zero-order valence-electron chi connectivity index (χ0n) is 10.6. The van der Waals surface area contributed by atoms with Crippen LogP contribution < -0.4 is 4.74 Å². The van der Waals surface area contributed by atoms with E-state index in [2.05, 4.69) is 22.0 Å². The summed E-state index contributed by atoms with van der Waals surface area (Å²) in [4.78, 5) is 2.81. The Kier molecular flexibility index (Phi) is 3.63. The second kappa shape index (κ2) is 5.25. The molecule has 0 radical (unpaired) electrons. The number of benzene rings is 1. The molecular weight excluding hydrogens is 327 g/mol. The van der Waals surface area contributed by atoms with E-state index in [0.29, 0.717) is 0 Å². The Labute approximate surface area is 124 Å². The molecule has 0 spiro atoms. The van der Waals surface area contributed by atoms with Crippen molar-refractivity contribution in [2.24, 2.45) is 0 Å². The van der Waals surface area contributed by atoms with Crippen molar-refractivity contribution in [3.05, 3.63) is 51.0 Å². The van der Waals surface area contributed by atoms with Crippen molar-refractivity contribution in [2.75, 3.05) is 7.11 Å². The smallest absolute Gasteiger partial charge is 0.165 e. The minimum atomic E-state index is -0.312. The molecule has 1 unspecified atom stereocenters. The Morgan fingerprint density at radius 1 is 1.32 bits per heavy atom. The van der Waals surface area contributed by atoms with Crippen LogP contribution in [0.15, 0.2) is 24.3 Å². The monoisotopic (exact) mass is 340 g/mol. The van der Waals surface area contributed by atoms with Gasteiger partial charge in [0.05, 0.1) is 11.9 Å². The number of alkyl halides is 1. The highest BCUT2D eigenvalue weighted by molar-refractivity contribution is 9.09. The van der Waals surface area contributed by atoms with E-state index >= 15 is 0 Å². The van der Waals surface area contributed by atoms with Crippen molar-refractivity contribution in [2.45, 2.75) is 24.1 Å². The maximum absolute atomic E-state index is 13.7. The topological polar surface area (TPSA) is 9.23 Å². The van der Waals surface area contributed by atoms with Crippen LogP contribution in [0, 0.1) is 5.82 Å². The van der Waals surface area contributed by atoms with Crippen molar-refractivity contribution < 1.29 is 9.13 Å². The summed E-state index contributed by atoms with van der Waals surface area (Å²) in [6, 6.07) is 7.39. The van der Waals surface area contributed by atoms with Gasteiger partial charge in [0, 0.05) is 9.75 Å². The van der Waals surface area contributed by atoms with E-state index in [-0.39, 0.29) is 16.4 Å². The molecule has 1 nitrogen and oxygen atoms in total. The maximum atomic E-state index is 13.7. The van der Waals surface area contributed by atoms with Crippen molar-refractivity contribution in [3.8, 4) is 5.75 Å². The van der Waals surface area contributed by atoms with Gasteiger partial charge in [-0.2, -0.15) is 0 Å². The lowest BCUT2D eigenvalue weighted by atomic mass is 10.1. The van der Waals surface area contributed by atoms with Gasteiger partial charge in [-0.25, -0.2) is 4.39 Å². The average Bonchev–Trinajstić information content (AvgIpc) is 2.98. The molecule has 1 aromatic heterocycles. The van der Waals surface area contributed by atoms with Crippen LogP contribution in [-0.2, 0) is 12.8 Å². The number of thiophene rings is 1. The number of ether oxygens (including phenoxy) is 1. The van der Waals surface area contributed by atoms with E-state index in [1.165, 1.54) is 41.7 Å². The fourth-order valence-electron chi connectivity index (χ4n) is 2.48. The second-order valence-corrected chi connectivity index (χ2v) is 6.79. The number of fused-ring (bicyclic) bond motifs is 1. The molecule has 0 aliphatic heterocycles. The third kappa shape index (κ3) is 2.43. The van der Waals surface area contributed by atoms with Crippen LogP contribution in [0.25, 0.3) is 0 Å². The van der Waals surface area contributed by atoms with Crippen LogP contribution in [0.3, 0.4) is 0 Å². The molecule has 0 amide bonds. The molecule has 1 aliphatic rings. The van der Waals surface area contributed by atoms with Gasteiger partial charge < -0.3 is 4.74 Å². The third-order valence-corrected chi connectivity index (χ3v) is 6.11. The van der Waals surface area contributed by atoms with Gasteiger partial charge in [0.15, 0.2) is 11.6 Å². The molecule has 1 atom stereocenters. The van der Waals surface area contributed by atoms with Crippen molar-refractivity contribution in [1.82, 2.24) is 0 Å². The molecule has 4 heteroatoms. The molecule has 1 aliphatic carbocycles. The zero-order chi connectivity index (χ0) is 13.4. The van der Waals surface area contributed by atoms with E-state index in [4.69, 9.17) is 4.74 Å². The first kappa shape index (κ1) is 13.1. The Morgan fingerprint density at radius 3 is 2.84 bits per heavy atom. The largest absolute Gasteiger partial charge is 0.494 e. The first-order valence-electron chi connectivity index (χ1n) is 6.28. The van der Waals surface area contributed by atoms with Gasteiger partial charge in [-0.3, -0.25) is 0 Å². The average molecular weight is 341 g/mol. The summed E-state index contributed by atoms with van der Waals surface area (Å²) in [5.74, 6) is -0.0225. The summed E-state index contributed by atoms with van der Waals surface area (Å²) in [6.45, 7) is 0. The number of rotatable bonds is 3. The summed E-state index contributed by atoms with van der Waals surface area (Å²) in [5.41, 5.74) is 2.40. The van der Waals surface area contributed by atoms with Crippen LogP contribution in [0.5, 0.6) is 5.75 Å². The number of aryl methyl sites for hydroxylation is 2. The Hall–Kier alpha value is -0.870. The van der Waals surface area contributed by atoms with Gasteiger partial charge in [-0.15, -0.1) is 11.3 Å². The van der Waals surface area contributed by atoms with Crippen molar-refractivity contribution in [1.29, 1.82) is 0 Å². The van der Waals surface area contributed by atoms with Crippen LogP contribution in [-0.4, -0.2) is 7.11 Å². The van der Waals surface area contributed by atoms with Gasteiger partial charge >= 0.3 is 0 Å². The number of halogens is 2. The number of methoxy groups -OCH3 is 1. The minimum Gasteiger partial charge on any atom is -0.494 e. The molecule has 0 saturated carbocycles. The first-order valence-corrected chi connectivity index (χ1v) is 8.01. The fourth-order valence-corrected chi connectivity index (χ4v) is 4.44. The molecule has 0 saturated heterocycles. The highest BCUT2D eigenvalue weighted by Crippen LogP contribution is 2.40. The van der Waals surface area contributed by atoms with Crippen LogP contribution in [0.1, 0.15) is 32.1 Å². The Morgan fingerprint density at radius 2 is 2.16 bits per heavy atom. The number of hydrogen-bond acceptors (Lipinski definition) is 2. The van der Waals surface area contributed by atoms with Gasteiger partial charge in [-0.05, 0) is 48.6 Å². The van der Waals surface area contributed by atoms with Gasteiger partial charge in [-0.1, -0.05) is 22.0 Å². The van der Waals surface area contributed by atoms with Gasteiger partial charge in [0.25, 0.3) is 0 Å². The van der Waals surface area contributed by atoms with E-state index in [9.17, 15) is 4.39 Å². The molecule has 100 valence electrons. The SMILES string of the molecule is COc1ccc(C(Br)c2cc3c(s2)CCC3)cc1F. The van der Waals surface area contributed by atoms with E-state index in [1.807, 2.05) is 17.4 Å². The molecule has 19 heavy (non-hydrogen) atoms.